The highest BCUT2D eigenvalue weighted by molar-refractivity contribution is 7.94. The number of carboxylic acids is 1. The number of carboxylic acid groups (broad SMARTS) is 1. The minimum absolute atomic E-state index is 0.0325. The Morgan fingerprint density at radius 3 is 1.77 bits per heavy atom. The molecule has 1 amide bonds. The Bertz CT molecular complexity index is 3930. The Balaban J connectivity index is 0.994. The fraction of sp³-hybridized carbons (Fsp3) is 0.355. The molecular formula is C62H71N9O14S2. The standard InChI is InChI=1S/C62H71N9O14S2/c1-6-7-8-9-10-11-12-13-14-15-16-17-18-19-32-69(5)56(72)44-24-31-52(53(37-44)71(76)77)70-57(73)51(55(83-70)62(2,3)4)39-82-54-38-47(27-30-50(54)58(74)75)65-61-67-59(63-45-25-20-42-35-48(86-85-84-78)28-22-40(42)33-45)66-60(68-61)64-46-26-21-43-36-49(87(79,80)81)29-23-41(43)34-46/h20-31,33-38,78H,6-19,32,39H2,1-5H3,(H,74,75)(H,79,80,81)(H3,63,64,65,66,67,68). The molecule has 0 aliphatic rings. The number of hydrogen-bond donors (Lipinski definition) is 6. The maximum atomic E-state index is 14.4. The van der Waals surface area contributed by atoms with E-state index >= 15 is 0 Å². The van der Waals surface area contributed by atoms with E-state index in [2.05, 4.69) is 47.2 Å². The zero-order valence-corrected chi connectivity index (χ0v) is 50.7. The van der Waals surface area contributed by atoms with Gasteiger partial charge in [-0.25, -0.2) is 10.1 Å². The Labute approximate surface area is 507 Å². The molecule has 0 saturated heterocycles. The molecule has 0 fully saturated rings. The summed E-state index contributed by atoms with van der Waals surface area (Å²) in [6.07, 6.45) is 16.9. The lowest BCUT2D eigenvalue weighted by atomic mass is 9.91. The number of nitrogens with zero attached hydrogens (tertiary/aromatic N) is 6. The number of anilines is 6. The molecule has 0 spiro atoms. The molecule has 87 heavy (non-hydrogen) atoms. The summed E-state index contributed by atoms with van der Waals surface area (Å²) in [5.41, 5.74) is -1.40. The maximum absolute atomic E-state index is 14.4. The normalized spacial score (nSPS) is 11.7. The van der Waals surface area contributed by atoms with Crippen molar-refractivity contribution in [2.24, 2.45) is 0 Å². The second-order valence-electron chi connectivity index (χ2n) is 22.2. The predicted molar refractivity (Wildman–Crippen MR) is 333 cm³/mol. The monoisotopic (exact) mass is 1230 g/mol. The van der Waals surface area contributed by atoms with E-state index in [0.717, 1.165) is 59.3 Å². The molecule has 0 radical (unpaired) electrons. The minimum atomic E-state index is -4.45. The number of aromatic nitrogens is 4. The third kappa shape index (κ3) is 17.6. The molecule has 460 valence electrons. The van der Waals surface area contributed by atoms with Crippen LogP contribution in [0.1, 0.15) is 150 Å². The number of nitro benzene ring substituents is 1. The highest BCUT2D eigenvalue weighted by atomic mass is 32.2. The number of carbonyl (C=O) groups is 2. The average Bonchev–Trinajstić information content (AvgIpc) is 2.25. The SMILES string of the molecule is CCCCCCCCCCCCCCCCN(C)C(=O)c1ccc(-n2oc(C(C)(C)C)c(COc3cc(Nc4nc(Nc5ccc6cc(SOOO)ccc6c5)nc(Nc5ccc6cc(S(=O)(=O)O)ccc6c5)n4)ccc3C(=O)O)c2=O)c([N+](=O)[O-])c1. The van der Waals surface area contributed by atoms with Gasteiger partial charge in [-0.2, -0.15) is 23.4 Å². The molecule has 2 heterocycles. The summed E-state index contributed by atoms with van der Waals surface area (Å²) in [4.78, 5) is 68.5. The third-order valence-electron chi connectivity index (χ3n) is 14.5. The summed E-state index contributed by atoms with van der Waals surface area (Å²) in [6, 6.07) is 28.0. The van der Waals surface area contributed by atoms with Crippen LogP contribution < -0.4 is 26.2 Å². The number of rotatable bonds is 32. The fourth-order valence-corrected chi connectivity index (χ4v) is 10.9. The van der Waals surface area contributed by atoms with Gasteiger partial charge in [0.2, 0.25) is 17.8 Å². The van der Waals surface area contributed by atoms with E-state index in [4.69, 9.17) is 14.5 Å². The number of aromatic carboxylic acids is 1. The topological polar surface area (TPSA) is 313 Å². The van der Waals surface area contributed by atoms with Crippen LogP contribution in [0, 0.1) is 10.1 Å². The zero-order valence-electron chi connectivity index (χ0n) is 49.0. The molecule has 0 unspecified atom stereocenters. The molecule has 2 aromatic heterocycles. The molecule has 0 saturated carbocycles. The Hall–Kier alpha value is -8.46. The van der Waals surface area contributed by atoms with Crippen LogP contribution in [0.15, 0.2) is 128 Å². The van der Waals surface area contributed by atoms with Gasteiger partial charge in [0, 0.05) is 58.7 Å². The molecule has 0 bridgehead atoms. The molecule has 0 atom stereocenters. The van der Waals surface area contributed by atoms with Crippen LogP contribution in [0.25, 0.3) is 27.2 Å². The number of ether oxygens (including phenoxy) is 1. The van der Waals surface area contributed by atoms with Crippen LogP contribution in [-0.4, -0.2) is 78.3 Å². The quantitative estimate of drug-likeness (QED) is 0.00570. The van der Waals surface area contributed by atoms with Gasteiger partial charge in [0.1, 0.15) is 17.9 Å². The number of carbonyl (C=O) groups excluding carboxylic acids is 1. The van der Waals surface area contributed by atoms with Crippen molar-refractivity contribution in [3.05, 3.63) is 152 Å². The molecule has 6 aromatic carbocycles. The predicted octanol–water partition coefficient (Wildman–Crippen LogP) is 14.9. The third-order valence-corrected chi connectivity index (χ3v) is 15.9. The van der Waals surface area contributed by atoms with Crippen molar-refractivity contribution < 1.29 is 56.5 Å². The first-order chi connectivity index (χ1) is 41.7. The Morgan fingerprint density at radius 2 is 1.23 bits per heavy atom. The van der Waals surface area contributed by atoms with E-state index < -0.39 is 50.2 Å². The van der Waals surface area contributed by atoms with Crippen molar-refractivity contribution in [2.45, 2.75) is 139 Å². The van der Waals surface area contributed by atoms with Crippen LogP contribution >= 0.6 is 12.0 Å². The van der Waals surface area contributed by atoms with Crippen molar-refractivity contribution in [3.63, 3.8) is 0 Å². The van der Waals surface area contributed by atoms with Gasteiger partial charge < -0.3 is 35.2 Å². The van der Waals surface area contributed by atoms with E-state index in [0.29, 0.717) is 33.6 Å². The van der Waals surface area contributed by atoms with Gasteiger partial charge in [-0.05, 0) is 101 Å². The van der Waals surface area contributed by atoms with Crippen molar-refractivity contribution in [3.8, 4) is 11.4 Å². The number of benzene rings is 6. The van der Waals surface area contributed by atoms with Crippen LogP contribution in [0.4, 0.5) is 40.6 Å². The summed E-state index contributed by atoms with van der Waals surface area (Å²) in [6.45, 7) is 7.47. The molecule has 8 aromatic rings. The van der Waals surface area contributed by atoms with E-state index in [1.165, 1.54) is 118 Å². The highest BCUT2D eigenvalue weighted by Crippen LogP contribution is 2.34. The van der Waals surface area contributed by atoms with Gasteiger partial charge in [-0.1, -0.05) is 140 Å². The van der Waals surface area contributed by atoms with Crippen LogP contribution in [0.3, 0.4) is 0 Å². The molecule has 0 aliphatic heterocycles. The summed E-state index contributed by atoms with van der Waals surface area (Å²) in [7, 11) is -2.79. The number of hydrogen-bond acceptors (Lipinski definition) is 19. The first kappa shape index (κ1) is 64.5. The van der Waals surface area contributed by atoms with Crippen molar-refractivity contribution in [1.29, 1.82) is 0 Å². The fourth-order valence-electron chi connectivity index (χ4n) is 9.97. The number of amides is 1. The second-order valence-corrected chi connectivity index (χ2v) is 24.4. The van der Waals surface area contributed by atoms with Crippen LogP contribution in [-0.2, 0) is 31.5 Å². The zero-order chi connectivity index (χ0) is 62.3. The number of unbranched alkanes of at least 4 members (excludes halogenated alkanes) is 13. The molecule has 23 nitrogen and oxygen atoms in total. The molecular weight excluding hydrogens is 1160 g/mol. The summed E-state index contributed by atoms with van der Waals surface area (Å²) < 4.78 is 50.9. The van der Waals surface area contributed by atoms with Crippen molar-refractivity contribution in [1.82, 2.24) is 24.6 Å². The van der Waals surface area contributed by atoms with E-state index in [1.807, 2.05) is 24.3 Å². The first-order valence-electron chi connectivity index (χ1n) is 28.8. The van der Waals surface area contributed by atoms with Gasteiger partial charge in [-0.15, -0.1) is 9.07 Å². The van der Waals surface area contributed by atoms with Gasteiger partial charge in [0.15, 0.2) is 11.4 Å². The van der Waals surface area contributed by atoms with Gasteiger partial charge in [0.25, 0.3) is 27.3 Å². The summed E-state index contributed by atoms with van der Waals surface area (Å²) in [5, 5.41) is 47.6. The van der Waals surface area contributed by atoms with Gasteiger partial charge in [-0.3, -0.25) is 24.3 Å². The van der Waals surface area contributed by atoms with Crippen molar-refractivity contribution >= 4 is 96.2 Å². The highest BCUT2D eigenvalue weighted by Gasteiger charge is 2.32. The molecule has 6 N–H and O–H groups in total. The molecule has 25 heteroatoms. The lowest BCUT2D eigenvalue weighted by molar-refractivity contribution is -0.432. The van der Waals surface area contributed by atoms with Crippen LogP contribution in [0.2, 0.25) is 0 Å². The van der Waals surface area contributed by atoms with E-state index in [9.17, 15) is 42.6 Å². The maximum Gasteiger partial charge on any atom is 0.339 e. The van der Waals surface area contributed by atoms with E-state index in [-0.39, 0.29) is 62.3 Å². The second kappa shape index (κ2) is 29.8. The minimum Gasteiger partial charge on any atom is -0.488 e. The summed E-state index contributed by atoms with van der Waals surface area (Å²) in [5.74, 6) is -1.77. The van der Waals surface area contributed by atoms with Gasteiger partial charge in [0.05, 0.1) is 27.4 Å². The number of fused-ring (bicyclic) bond motifs is 2. The summed E-state index contributed by atoms with van der Waals surface area (Å²) >= 11 is 0.817. The Morgan fingerprint density at radius 1 is 0.713 bits per heavy atom. The average molecular weight is 1230 g/mol. The smallest absolute Gasteiger partial charge is 0.339 e. The van der Waals surface area contributed by atoms with Crippen LogP contribution in [0.5, 0.6) is 5.75 Å². The van der Waals surface area contributed by atoms with Gasteiger partial charge >= 0.3 is 5.97 Å². The lowest BCUT2D eigenvalue weighted by Gasteiger charge is -2.17. The largest absolute Gasteiger partial charge is 0.488 e. The number of nitrogens with one attached hydrogen (secondary N) is 3. The van der Waals surface area contributed by atoms with Crippen molar-refractivity contribution in [2.75, 3.05) is 29.5 Å². The Kier molecular flexibility index (Phi) is 22.1. The molecule has 8 rings (SSSR count). The first-order valence-corrected chi connectivity index (χ1v) is 30.9. The number of nitro groups is 1. The lowest BCUT2D eigenvalue weighted by Crippen LogP contribution is -2.28. The molecule has 0 aliphatic carbocycles. The van der Waals surface area contributed by atoms with E-state index in [1.54, 1.807) is 58.2 Å².